The van der Waals surface area contributed by atoms with Crippen LogP contribution < -0.4 is 4.72 Å². The summed E-state index contributed by atoms with van der Waals surface area (Å²) in [5.74, 6) is 0. The van der Waals surface area contributed by atoms with Crippen LogP contribution in [0.4, 0.5) is 0 Å². The normalized spacial score (nSPS) is 18.0. The number of sulfonamides is 1. The Morgan fingerprint density at radius 3 is 2.32 bits per heavy atom. The summed E-state index contributed by atoms with van der Waals surface area (Å²) in [7, 11) is -3.40. The summed E-state index contributed by atoms with van der Waals surface area (Å²) in [5, 5.41) is 0.674. The van der Waals surface area contributed by atoms with Gasteiger partial charge in [-0.15, -0.1) is 0 Å². The third kappa shape index (κ3) is 3.38. The van der Waals surface area contributed by atoms with Crippen molar-refractivity contribution in [2.75, 3.05) is 5.33 Å². The summed E-state index contributed by atoms with van der Waals surface area (Å²) < 4.78 is 27.5. The molecule has 0 saturated heterocycles. The maximum absolute atomic E-state index is 12.3. The quantitative estimate of drug-likeness (QED) is 0.804. The van der Waals surface area contributed by atoms with E-state index in [-0.39, 0.29) is 5.54 Å². The Hall–Kier alpha value is -0.390. The SMILES string of the molecule is CCCc1ccc(S(=O)(=O)NC2(CBr)CCC2)cc1. The molecule has 1 fully saturated rings. The summed E-state index contributed by atoms with van der Waals surface area (Å²) in [6.45, 7) is 2.11. The van der Waals surface area contributed by atoms with Crippen molar-refractivity contribution in [3.63, 3.8) is 0 Å². The molecule has 1 aromatic carbocycles. The lowest BCUT2D eigenvalue weighted by molar-refractivity contribution is 0.256. The van der Waals surface area contributed by atoms with Gasteiger partial charge in [0, 0.05) is 10.9 Å². The zero-order valence-corrected chi connectivity index (χ0v) is 13.6. The first-order chi connectivity index (χ1) is 9.01. The van der Waals surface area contributed by atoms with E-state index in [2.05, 4.69) is 27.6 Å². The van der Waals surface area contributed by atoms with Crippen molar-refractivity contribution >= 4 is 26.0 Å². The summed E-state index contributed by atoms with van der Waals surface area (Å²) in [4.78, 5) is 0.361. The van der Waals surface area contributed by atoms with E-state index in [1.54, 1.807) is 12.1 Å². The van der Waals surface area contributed by atoms with Gasteiger partial charge in [-0.1, -0.05) is 41.4 Å². The van der Waals surface area contributed by atoms with Crippen molar-refractivity contribution < 1.29 is 8.42 Å². The number of nitrogens with one attached hydrogen (secondary N) is 1. The molecular formula is C14H20BrNO2S. The second-order valence-corrected chi connectivity index (χ2v) is 7.51. The molecule has 2 rings (SSSR count). The number of benzene rings is 1. The molecule has 0 aliphatic heterocycles. The van der Waals surface area contributed by atoms with Crippen molar-refractivity contribution in [3.8, 4) is 0 Å². The average Bonchev–Trinajstić information content (AvgIpc) is 2.35. The van der Waals surface area contributed by atoms with Crippen LogP contribution in [0.3, 0.4) is 0 Å². The summed E-state index contributed by atoms with van der Waals surface area (Å²) in [6.07, 6.45) is 4.95. The highest BCUT2D eigenvalue weighted by Gasteiger charge is 2.39. The Kier molecular flexibility index (Phi) is 4.69. The molecule has 1 aromatic rings. The molecule has 0 spiro atoms. The lowest BCUT2D eigenvalue weighted by Gasteiger charge is -2.40. The number of rotatable bonds is 6. The van der Waals surface area contributed by atoms with Gasteiger partial charge in [-0.2, -0.15) is 0 Å². The minimum atomic E-state index is -3.40. The van der Waals surface area contributed by atoms with E-state index < -0.39 is 10.0 Å². The average molecular weight is 346 g/mol. The van der Waals surface area contributed by atoms with Gasteiger partial charge >= 0.3 is 0 Å². The third-order valence-corrected chi connectivity index (χ3v) is 6.36. The molecule has 0 bridgehead atoms. The molecule has 1 N–H and O–H groups in total. The van der Waals surface area contributed by atoms with Crippen molar-refractivity contribution in [1.29, 1.82) is 0 Å². The van der Waals surface area contributed by atoms with Crippen LogP contribution in [0.2, 0.25) is 0 Å². The molecular weight excluding hydrogens is 326 g/mol. The maximum Gasteiger partial charge on any atom is 0.241 e. The molecule has 19 heavy (non-hydrogen) atoms. The minimum absolute atomic E-state index is 0.277. The first-order valence-corrected chi connectivity index (χ1v) is 9.31. The first-order valence-electron chi connectivity index (χ1n) is 6.70. The van der Waals surface area contributed by atoms with Gasteiger partial charge < -0.3 is 0 Å². The smallest absolute Gasteiger partial charge is 0.207 e. The van der Waals surface area contributed by atoms with E-state index in [1.165, 1.54) is 5.56 Å². The van der Waals surface area contributed by atoms with Crippen molar-refractivity contribution in [3.05, 3.63) is 29.8 Å². The van der Waals surface area contributed by atoms with E-state index in [9.17, 15) is 8.42 Å². The Morgan fingerprint density at radius 1 is 1.26 bits per heavy atom. The number of hydrogen-bond donors (Lipinski definition) is 1. The largest absolute Gasteiger partial charge is 0.241 e. The van der Waals surface area contributed by atoms with E-state index in [1.807, 2.05) is 12.1 Å². The maximum atomic E-state index is 12.3. The second kappa shape index (κ2) is 5.94. The fraction of sp³-hybridized carbons (Fsp3) is 0.571. The molecule has 0 heterocycles. The number of aryl methyl sites for hydroxylation is 1. The summed E-state index contributed by atoms with van der Waals surface area (Å²) in [6, 6.07) is 7.21. The number of alkyl halides is 1. The monoisotopic (exact) mass is 345 g/mol. The van der Waals surface area contributed by atoms with Gasteiger partial charge in [-0.05, 0) is 43.4 Å². The molecule has 1 saturated carbocycles. The highest BCUT2D eigenvalue weighted by Crippen LogP contribution is 2.34. The Balaban J connectivity index is 2.15. The van der Waals surface area contributed by atoms with Gasteiger partial charge in [-0.3, -0.25) is 0 Å². The lowest BCUT2D eigenvalue weighted by atomic mass is 9.80. The summed E-state index contributed by atoms with van der Waals surface area (Å²) in [5.41, 5.74) is 0.904. The molecule has 106 valence electrons. The third-order valence-electron chi connectivity index (χ3n) is 3.69. The number of hydrogen-bond acceptors (Lipinski definition) is 2. The molecule has 3 nitrogen and oxygen atoms in total. The van der Waals surface area contributed by atoms with Gasteiger partial charge in [0.05, 0.1) is 4.90 Å². The summed E-state index contributed by atoms with van der Waals surface area (Å²) >= 11 is 3.41. The zero-order valence-electron chi connectivity index (χ0n) is 11.2. The molecule has 1 aliphatic carbocycles. The van der Waals surface area contributed by atoms with Crippen LogP contribution in [0.1, 0.15) is 38.2 Å². The van der Waals surface area contributed by atoms with Crippen LogP contribution >= 0.6 is 15.9 Å². The van der Waals surface area contributed by atoms with E-state index in [4.69, 9.17) is 0 Å². The lowest BCUT2D eigenvalue weighted by Crippen LogP contribution is -2.54. The van der Waals surface area contributed by atoms with Crippen molar-refractivity contribution in [2.24, 2.45) is 0 Å². The molecule has 0 unspecified atom stereocenters. The Morgan fingerprint density at radius 2 is 1.89 bits per heavy atom. The molecule has 0 amide bonds. The van der Waals surface area contributed by atoms with Crippen LogP contribution in [0.5, 0.6) is 0 Å². The predicted molar refractivity (Wildman–Crippen MR) is 81.1 cm³/mol. The molecule has 0 aromatic heterocycles. The number of halogens is 1. The van der Waals surface area contributed by atoms with E-state index >= 15 is 0 Å². The Labute approximate surface area is 124 Å². The van der Waals surface area contributed by atoms with Gasteiger partial charge in [-0.25, -0.2) is 13.1 Å². The van der Waals surface area contributed by atoms with Crippen molar-refractivity contribution in [1.82, 2.24) is 4.72 Å². The Bertz CT molecular complexity index is 515. The van der Waals surface area contributed by atoms with Crippen LogP contribution in [0, 0.1) is 0 Å². The second-order valence-electron chi connectivity index (χ2n) is 5.27. The molecule has 1 aliphatic rings. The van der Waals surface area contributed by atoms with Gasteiger partial charge in [0.1, 0.15) is 0 Å². The fourth-order valence-electron chi connectivity index (χ4n) is 2.33. The standard InChI is InChI=1S/C14H20BrNO2S/c1-2-4-12-5-7-13(8-6-12)19(17,18)16-14(11-15)9-3-10-14/h5-8,16H,2-4,9-11H2,1H3. The minimum Gasteiger partial charge on any atom is -0.207 e. The molecule has 0 radical (unpaired) electrons. The van der Waals surface area contributed by atoms with Crippen LogP contribution in [0.15, 0.2) is 29.2 Å². The van der Waals surface area contributed by atoms with Gasteiger partial charge in [0.25, 0.3) is 0 Å². The first kappa shape index (κ1) is 15.0. The van der Waals surface area contributed by atoms with Crippen LogP contribution in [-0.4, -0.2) is 19.3 Å². The van der Waals surface area contributed by atoms with E-state index in [0.29, 0.717) is 10.2 Å². The zero-order chi connectivity index (χ0) is 13.9. The molecule has 0 atom stereocenters. The van der Waals surface area contributed by atoms with Crippen LogP contribution in [0.25, 0.3) is 0 Å². The highest BCUT2D eigenvalue weighted by atomic mass is 79.9. The van der Waals surface area contributed by atoms with Gasteiger partial charge in [0.2, 0.25) is 10.0 Å². The van der Waals surface area contributed by atoms with Crippen molar-refractivity contribution in [2.45, 2.75) is 49.5 Å². The fourth-order valence-corrected chi connectivity index (χ4v) is 4.68. The van der Waals surface area contributed by atoms with Gasteiger partial charge in [0.15, 0.2) is 0 Å². The van der Waals surface area contributed by atoms with E-state index in [0.717, 1.165) is 32.1 Å². The topological polar surface area (TPSA) is 46.2 Å². The predicted octanol–water partition coefficient (Wildman–Crippen LogP) is 3.24. The van der Waals surface area contributed by atoms with Crippen LogP contribution in [-0.2, 0) is 16.4 Å². The highest BCUT2D eigenvalue weighted by molar-refractivity contribution is 9.09. The molecule has 5 heteroatoms.